The number of hydrogen-bond donors (Lipinski definition) is 2. The van der Waals surface area contributed by atoms with E-state index in [-0.39, 0.29) is 42.9 Å². The molecule has 0 saturated carbocycles. The number of nitrogens with one attached hydrogen (secondary N) is 2. The number of benzene rings is 1. The van der Waals surface area contributed by atoms with Gasteiger partial charge in [-0.2, -0.15) is 0 Å². The molecule has 1 aliphatic rings. The summed E-state index contributed by atoms with van der Waals surface area (Å²) in [5, 5.41) is 5.29. The van der Waals surface area contributed by atoms with Crippen LogP contribution in [0.5, 0.6) is 0 Å². The Kier molecular flexibility index (Phi) is 7.31. The van der Waals surface area contributed by atoms with Crippen LogP contribution < -0.4 is 10.6 Å². The summed E-state index contributed by atoms with van der Waals surface area (Å²) in [6, 6.07) is 5.82. The van der Waals surface area contributed by atoms with Gasteiger partial charge in [0.05, 0.1) is 0 Å². The second-order valence-corrected chi connectivity index (χ2v) is 7.92. The van der Waals surface area contributed by atoms with E-state index >= 15 is 0 Å². The highest BCUT2D eigenvalue weighted by molar-refractivity contribution is 6.06. The van der Waals surface area contributed by atoms with Gasteiger partial charge in [0.2, 0.25) is 5.91 Å². The summed E-state index contributed by atoms with van der Waals surface area (Å²) in [5.41, 5.74) is -0.0187. The molecule has 0 atom stereocenters. The van der Waals surface area contributed by atoms with Crippen molar-refractivity contribution in [1.29, 1.82) is 0 Å². The third-order valence-electron chi connectivity index (χ3n) is 4.57. The number of esters is 1. The van der Waals surface area contributed by atoms with Gasteiger partial charge in [0.1, 0.15) is 5.54 Å². The molecule has 4 amide bonds. The lowest BCUT2D eigenvalue weighted by Gasteiger charge is -2.15. The van der Waals surface area contributed by atoms with E-state index in [4.69, 9.17) is 4.74 Å². The molecule has 0 radical (unpaired) electrons. The number of Topliss-reactive ketones (excluding diaryl/α,β-unsaturated/α-hetero) is 1. The number of rotatable bonds is 9. The van der Waals surface area contributed by atoms with Crippen molar-refractivity contribution < 1.29 is 28.7 Å². The lowest BCUT2D eigenvalue weighted by Crippen LogP contribution is -2.40. The minimum absolute atomic E-state index is 0.0229. The van der Waals surface area contributed by atoms with Crippen molar-refractivity contribution in [1.82, 2.24) is 10.2 Å². The summed E-state index contributed by atoms with van der Waals surface area (Å²) in [7, 11) is 0. The van der Waals surface area contributed by atoms with Crippen molar-refractivity contribution in [3.05, 3.63) is 29.8 Å². The Morgan fingerprint density at radius 3 is 2.30 bits per heavy atom. The predicted molar refractivity (Wildman–Crippen MR) is 109 cm³/mol. The number of hydrogen-bond acceptors (Lipinski definition) is 6. The average Bonchev–Trinajstić information content (AvgIpc) is 2.87. The molecule has 162 valence electrons. The number of carbonyl (C=O) groups is 5. The molecule has 30 heavy (non-hydrogen) atoms. The Balaban J connectivity index is 1.74. The monoisotopic (exact) mass is 417 g/mol. The van der Waals surface area contributed by atoms with E-state index in [0.29, 0.717) is 11.3 Å². The molecule has 9 heteroatoms. The summed E-state index contributed by atoms with van der Waals surface area (Å²) in [5.74, 6) is -1.59. The Morgan fingerprint density at radius 1 is 1.13 bits per heavy atom. The largest absolute Gasteiger partial charge is 0.457 e. The molecule has 2 N–H and O–H groups in total. The minimum atomic E-state index is -0.947. The molecule has 9 nitrogen and oxygen atoms in total. The normalized spacial score (nSPS) is 15.2. The summed E-state index contributed by atoms with van der Waals surface area (Å²) in [4.78, 5) is 60.6. The van der Waals surface area contributed by atoms with Gasteiger partial charge in [-0.05, 0) is 44.5 Å². The van der Waals surface area contributed by atoms with Crippen LogP contribution in [0, 0.1) is 5.92 Å². The second kappa shape index (κ2) is 9.51. The van der Waals surface area contributed by atoms with Crippen LogP contribution in [0.15, 0.2) is 24.3 Å². The zero-order chi connectivity index (χ0) is 22.5. The van der Waals surface area contributed by atoms with E-state index in [1.54, 1.807) is 52.0 Å². The van der Waals surface area contributed by atoms with E-state index in [2.05, 4.69) is 10.6 Å². The molecule has 0 spiro atoms. The summed E-state index contributed by atoms with van der Waals surface area (Å²) >= 11 is 0. The van der Waals surface area contributed by atoms with Crippen LogP contribution in [0.1, 0.15) is 50.9 Å². The maximum atomic E-state index is 12.2. The van der Waals surface area contributed by atoms with Crippen LogP contribution in [-0.2, 0) is 19.1 Å². The summed E-state index contributed by atoms with van der Waals surface area (Å²) in [6.45, 7) is 6.46. The fraction of sp³-hybridized carbons (Fsp3) is 0.476. The van der Waals surface area contributed by atoms with Gasteiger partial charge in [0.25, 0.3) is 5.91 Å². The van der Waals surface area contributed by atoms with Gasteiger partial charge in [0, 0.05) is 30.1 Å². The first kappa shape index (κ1) is 23.1. The molecule has 1 aromatic rings. The number of ketones is 1. The van der Waals surface area contributed by atoms with Gasteiger partial charge in [-0.3, -0.25) is 24.1 Å². The molecular weight excluding hydrogens is 390 g/mol. The second-order valence-electron chi connectivity index (χ2n) is 7.92. The molecule has 0 bridgehead atoms. The standard InChI is InChI=1S/C21H27N3O6/c1-13(2)18(27)22-15-9-7-14(8-10-15)16(25)12-30-17(26)6-5-11-24-19(28)21(3,4)23-20(24)29/h7-10,13H,5-6,11-12H2,1-4H3,(H,22,27)(H,23,29). The predicted octanol–water partition coefficient (Wildman–Crippen LogP) is 2.12. The van der Waals surface area contributed by atoms with E-state index < -0.39 is 24.1 Å². The van der Waals surface area contributed by atoms with Crippen LogP contribution in [0.25, 0.3) is 0 Å². The highest BCUT2D eigenvalue weighted by Crippen LogP contribution is 2.17. The van der Waals surface area contributed by atoms with Crippen molar-refractivity contribution in [2.24, 2.45) is 5.92 Å². The average molecular weight is 417 g/mol. The zero-order valence-corrected chi connectivity index (χ0v) is 17.6. The fourth-order valence-electron chi connectivity index (χ4n) is 2.73. The van der Waals surface area contributed by atoms with Crippen molar-refractivity contribution >= 4 is 35.3 Å². The smallest absolute Gasteiger partial charge is 0.325 e. The summed E-state index contributed by atoms with van der Waals surface area (Å²) < 4.78 is 4.98. The molecule has 1 saturated heterocycles. The topological polar surface area (TPSA) is 122 Å². The molecule has 2 rings (SSSR count). The SMILES string of the molecule is CC(C)C(=O)Nc1ccc(C(=O)COC(=O)CCCN2C(=O)NC(C)(C)C2=O)cc1. The van der Waals surface area contributed by atoms with Gasteiger partial charge in [-0.1, -0.05) is 13.8 Å². The first-order valence-corrected chi connectivity index (χ1v) is 9.75. The van der Waals surface area contributed by atoms with Crippen molar-refractivity contribution in [3.63, 3.8) is 0 Å². The molecule has 1 fully saturated rings. The van der Waals surface area contributed by atoms with Crippen LogP contribution in [0.2, 0.25) is 0 Å². The fourth-order valence-corrected chi connectivity index (χ4v) is 2.73. The van der Waals surface area contributed by atoms with Gasteiger partial charge >= 0.3 is 12.0 Å². The Morgan fingerprint density at radius 2 is 1.77 bits per heavy atom. The lowest BCUT2D eigenvalue weighted by atomic mass is 10.1. The first-order valence-electron chi connectivity index (χ1n) is 9.75. The highest BCUT2D eigenvalue weighted by atomic mass is 16.5. The number of amides is 4. The summed E-state index contributed by atoms with van der Waals surface area (Å²) in [6.07, 6.45) is 0.220. The van der Waals surface area contributed by atoms with E-state index in [0.717, 1.165) is 4.90 Å². The van der Waals surface area contributed by atoms with Crippen LogP contribution in [-0.4, -0.2) is 53.2 Å². The first-order chi connectivity index (χ1) is 14.0. The third-order valence-corrected chi connectivity index (χ3v) is 4.57. The molecular formula is C21H27N3O6. The quantitative estimate of drug-likeness (QED) is 0.361. The van der Waals surface area contributed by atoms with Gasteiger partial charge in [0.15, 0.2) is 12.4 Å². The molecule has 0 unspecified atom stereocenters. The maximum Gasteiger partial charge on any atom is 0.325 e. The van der Waals surface area contributed by atoms with Crippen molar-refractivity contribution in [2.75, 3.05) is 18.5 Å². The van der Waals surface area contributed by atoms with Gasteiger partial charge in [-0.15, -0.1) is 0 Å². The number of imide groups is 1. The Hall–Kier alpha value is -3.23. The Bertz CT molecular complexity index is 845. The van der Waals surface area contributed by atoms with Crippen molar-refractivity contribution in [2.45, 2.75) is 46.1 Å². The van der Waals surface area contributed by atoms with Gasteiger partial charge in [-0.25, -0.2) is 4.79 Å². The van der Waals surface area contributed by atoms with E-state index in [9.17, 15) is 24.0 Å². The highest BCUT2D eigenvalue weighted by Gasteiger charge is 2.43. The molecule has 0 aliphatic carbocycles. The number of carbonyl (C=O) groups excluding carboxylic acids is 5. The minimum Gasteiger partial charge on any atom is -0.457 e. The van der Waals surface area contributed by atoms with E-state index in [1.807, 2.05) is 0 Å². The number of nitrogens with zero attached hydrogens (tertiary/aromatic N) is 1. The number of urea groups is 1. The maximum absolute atomic E-state index is 12.2. The third kappa shape index (κ3) is 5.88. The lowest BCUT2D eigenvalue weighted by molar-refractivity contribution is -0.143. The zero-order valence-electron chi connectivity index (χ0n) is 17.6. The van der Waals surface area contributed by atoms with Crippen molar-refractivity contribution in [3.8, 4) is 0 Å². The molecule has 1 aromatic carbocycles. The van der Waals surface area contributed by atoms with Gasteiger partial charge < -0.3 is 15.4 Å². The number of anilines is 1. The van der Waals surface area contributed by atoms with Crippen LogP contribution >= 0.6 is 0 Å². The Labute approximate surface area is 175 Å². The molecule has 1 aliphatic heterocycles. The van der Waals surface area contributed by atoms with Crippen LogP contribution in [0.3, 0.4) is 0 Å². The molecule has 1 heterocycles. The van der Waals surface area contributed by atoms with Crippen LogP contribution in [0.4, 0.5) is 10.5 Å². The van der Waals surface area contributed by atoms with E-state index in [1.165, 1.54) is 0 Å². The molecule has 0 aromatic heterocycles. The number of ether oxygens (including phenoxy) is 1.